The number of rotatable bonds is 3. The van der Waals surface area contributed by atoms with Crippen molar-refractivity contribution in [3.8, 4) is 6.07 Å². The van der Waals surface area contributed by atoms with Gasteiger partial charge in [0.1, 0.15) is 0 Å². The standard InChI is InChI=1S/C14H9N3O2/c15-9-11-4-3-6-13(8-11)16-10-12-5-1-2-7-14(12)17(18)19/h1-8,10H. The monoisotopic (exact) mass is 251 g/mol. The molecule has 0 aromatic heterocycles. The summed E-state index contributed by atoms with van der Waals surface area (Å²) >= 11 is 0. The summed E-state index contributed by atoms with van der Waals surface area (Å²) in [5.74, 6) is 0. The third-order valence-electron chi connectivity index (χ3n) is 2.46. The van der Waals surface area contributed by atoms with Crippen molar-refractivity contribution in [3.63, 3.8) is 0 Å². The van der Waals surface area contributed by atoms with E-state index in [1.165, 1.54) is 12.3 Å². The Hall–Kier alpha value is -3.00. The minimum Gasteiger partial charge on any atom is -0.258 e. The van der Waals surface area contributed by atoms with Gasteiger partial charge in [-0.05, 0) is 24.3 Å². The summed E-state index contributed by atoms with van der Waals surface area (Å²) in [6.07, 6.45) is 1.43. The van der Waals surface area contributed by atoms with Crippen LogP contribution in [0.4, 0.5) is 11.4 Å². The maximum absolute atomic E-state index is 10.8. The van der Waals surface area contributed by atoms with Crippen LogP contribution in [0.5, 0.6) is 0 Å². The second kappa shape index (κ2) is 5.56. The molecule has 5 heteroatoms. The van der Waals surface area contributed by atoms with E-state index < -0.39 is 4.92 Å². The number of para-hydroxylation sites is 1. The van der Waals surface area contributed by atoms with Crippen LogP contribution in [0.1, 0.15) is 11.1 Å². The molecule has 2 aromatic carbocycles. The fraction of sp³-hybridized carbons (Fsp3) is 0. The molecule has 0 saturated carbocycles. The van der Waals surface area contributed by atoms with Crippen molar-refractivity contribution in [1.82, 2.24) is 0 Å². The molecule has 19 heavy (non-hydrogen) atoms. The number of nitrogens with zero attached hydrogens (tertiary/aromatic N) is 3. The summed E-state index contributed by atoms with van der Waals surface area (Å²) in [5, 5.41) is 19.6. The largest absolute Gasteiger partial charge is 0.278 e. The molecule has 92 valence electrons. The van der Waals surface area contributed by atoms with Crippen LogP contribution in [-0.4, -0.2) is 11.1 Å². The number of nitro groups is 1. The second-order valence-electron chi connectivity index (χ2n) is 3.74. The molecule has 0 unspecified atom stereocenters. The van der Waals surface area contributed by atoms with E-state index in [1.807, 2.05) is 6.07 Å². The van der Waals surface area contributed by atoms with E-state index in [1.54, 1.807) is 42.5 Å². The molecule has 2 rings (SSSR count). The van der Waals surface area contributed by atoms with Crippen molar-refractivity contribution in [2.45, 2.75) is 0 Å². The molecule has 0 bridgehead atoms. The predicted molar refractivity (Wildman–Crippen MR) is 71.5 cm³/mol. The molecule has 5 nitrogen and oxygen atoms in total. The molecular weight excluding hydrogens is 242 g/mol. The molecule has 2 aromatic rings. The molecule has 0 aliphatic heterocycles. The molecule has 0 radical (unpaired) electrons. The number of benzene rings is 2. The minimum atomic E-state index is -0.451. The Morgan fingerprint density at radius 2 is 2.00 bits per heavy atom. The molecule has 0 aliphatic rings. The average Bonchev–Trinajstić information content (AvgIpc) is 2.45. The van der Waals surface area contributed by atoms with Crippen LogP contribution in [0.25, 0.3) is 0 Å². The fourth-order valence-corrected chi connectivity index (χ4v) is 1.56. The van der Waals surface area contributed by atoms with E-state index in [-0.39, 0.29) is 5.69 Å². The first-order valence-electron chi connectivity index (χ1n) is 5.48. The van der Waals surface area contributed by atoms with E-state index in [2.05, 4.69) is 4.99 Å². The third-order valence-corrected chi connectivity index (χ3v) is 2.46. The Labute approximate surface area is 109 Å². The van der Waals surface area contributed by atoms with E-state index in [0.29, 0.717) is 16.8 Å². The molecule has 0 saturated heterocycles. The van der Waals surface area contributed by atoms with Crippen molar-refractivity contribution in [2.75, 3.05) is 0 Å². The van der Waals surface area contributed by atoms with Crippen LogP contribution < -0.4 is 0 Å². The normalized spacial score (nSPS) is 10.3. The molecular formula is C14H9N3O2. The van der Waals surface area contributed by atoms with E-state index in [0.717, 1.165) is 0 Å². The summed E-state index contributed by atoms with van der Waals surface area (Å²) in [7, 11) is 0. The van der Waals surface area contributed by atoms with Gasteiger partial charge in [0.25, 0.3) is 5.69 Å². The SMILES string of the molecule is N#Cc1cccc(N=Cc2ccccc2[N+](=O)[O-])c1. The van der Waals surface area contributed by atoms with Crippen LogP contribution in [0.2, 0.25) is 0 Å². The van der Waals surface area contributed by atoms with Crippen molar-refractivity contribution < 1.29 is 4.92 Å². The van der Waals surface area contributed by atoms with E-state index in [4.69, 9.17) is 5.26 Å². The van der Waals surface area contributed by atoms with Gasteiger partial charge in [-0.15, -0.1) is 0 Å². The smallest absolute Gasteiger partial charge is 0.258 e. The van der Waals surface area contributed by atoms with Gasteiger partial charge < -0.3 is 0 Å². The van der Waals surface area contributed by atoms with Crippen LogP contribution in [0.3, 0.4) is 0 Å². The zero-order valence-corrected chi connectivity index (χ0v) is 9.85. The lowest BCUT2D eigenvalue weighted by Crippen LogP contribution is -1.93. The predicted octanol–water partition coefficient (Wildman–Crippen LogP) is 3.22. The molecule has 0 fully saturated rings. The summed E-state index contributed by atoms with van der Waals surface area (Å²) in [4.78, 5) is 14.5. The highest BCUT2D eigenvalue weighted by molar-refractivity contribution is 5.87. The summed E-state index contributed by atoms with van der Waals surface area (Å²) in [5.41, 5.74) is 1.51. The topological polar surface area (TPSA) is 79.3 Å². The van der Waals surface area contributed by atoms with Gasteiger partial charge in [-0.3, -0.25) is 15.1 Å². The summed E-state index contributed by atoms with van der Waals surface area (Å²) in [6.45, 7) is 0. The first kappa shape index (κ1) is 12.5. The number of hydrogen-bond donors (Lipinski definition) is 0. The van der Waals surface area contributed by atoms with Gasteiger partial charge in [-0.25, -0.2) is 0 Å². The minimum absolute atomic E-state index is 0.00249. The molecule has 0 heterocycles. The number of aliphatic imine (C=N–C) groups is 1. The first-order valence-corrected chi connectivity index (χ1v) is 5.48. The molecule has 0 aliphatic carbocycles. The second-order valence-corrected chi connectivity index (χ2v) is 3.74. The van der Waals surface area contributed by atoms with Gasteiger partial charge in [0.15, 0.2) is 0 Å². The van der Waals surface area contributed by atoms with Crippen molar-refractivity contribution in [3.05, 3.63) is 69.8 Å². The summed E-state index contributed by atoms with van der Waals surface area (Å²) < 4.78 is 0. The lowest BCUT2D eigenvalue weighted by atomic mass is 10.2. The third kappa shape index (κ3) is 3.01. The van der Waals surface area contributed by atoms with Gasteiger partial charge in [0.2, 0.25) is 0 Å². The lowest BCUT2D eigenvalue weighted by Gasteiger charge is -1.97. The molecule has 0 spiro atoms. The Kier molecular flexibility index (Phi) is 3.64. The summed E-state index contributed by atoms with van der Waals surface area (Å²) in [6, 6.07) is 15.1. The van der Waals surface area contributed by atoms with E-state index in [9.17, 15) is 10.1 Å². The number of nitriles is 1. The van der Waals surface area contributed by atoms with Gasteiger partial charge in [0.05, 0.1) is 27.8 Å². The maximum atomic E-state index is 10.8. The highest BCUT2D eigenvalue weighted by Crippen LogP contribution is 2.18. The van der Waals surface area contributed by atoms with Gasteiger partial charge in [-0.1, -0.05) is 18.2 Å². The molecule has 0 N–H and O–H groups in total. The molecule has 0 amide bonds. The van der Waals surface area contributed by atoms with Crippen LogP contribution in [0, 0.1) is 21.4 Å². The quantitative estimate of drug-likeness (QED) is 0.477. The Morgan fingerprint density at radius 3 is 2.74 bits per heavy atom. The van der Waals surface area contributed by atoms with Gasteiger partial charge in [0, 0.05) is 12.3 Å². The lowest BCUT2D eigenvalue weighted by molar-refractivity contribution is -0.385. The zero-order valence-electron chi connectivity index (χ0n) is 9.85. The fourth-order valence-electron chi connectivity index (χ4n) is 1.56. The first-order chi connectivity index (χ1) is 9.20. The van der Waals surface area contributed by atoms with Crippen LogP contribution in [0.15, 0.2) is 53.5 Å². The van der Waals surface area contributed by atoms with E-state index >= 15 is 0 Å². The van der Waals surface area contributed by atoms with Crippen molar-refractivity contribution in [1.29, 1.82) is 5.26 Å². The van der Waals surface area contributed by atoms with Crippen LogP contribution in [-0.2, 0) is 0 Å². The van der Waals surface area contributed by atoms with Crippen molar-refractivity contribution >= 4 is 17.6 Å². The number of nitro benzene ring substituents is 1. The highest BCUT2D eigenvalue weighted by atomic mass is 16.6. The van der Waals surface area contributed by atoms with Gasteiger partial charge in [-0.2, -0.15) is 5.26 Å². The highest BCUT2D eigenvalue weighted by Gasteiger charge is 2.09. The Balaban J connectivity index is 2.33. The zero-order chi connectivity index (χ0) is 13.7. The van der Waals surface area contributed by atoms with Crippen molar-refractivity contribution in [2.24, 2.45) is 4.99 Å². The Bertz CT molecular complexity index is 687. The number of hydrogen-bond acceptors (Lipinski definition) is 4. The van der Waals surface area contributed by atoms with Gasteiger partial charge >= 0.3 is 0 Å². The maximum Gasteiger partial charge on any atom is 0.278 e. The Morgan fingerprint density at radius 1 is 1.21 bits per heavy atom. The average molecular weight is 251 g/mol. The van der Waals surface area contributed by atoms with Crippen LogP contribution >= 0.6 is 0 Å². The molecule has 0 atom stereocenters.